The number of rotatable bonds is 3. The molecule has 1 atom stereocenters. The number of benzene rings is 1. The number of carbonyl (C=O) groups excluding carboxylic acids is 1. The van der Waals surface area contributed by atoms with Crippen molar-refractivity contribution in [3.63, 3.8) is 0 Å². The Hall–Kier alpha value is -1.66. The van der Waals surface area contributed by atoms with Crippen molar-refractivity contribution < 1.29 is 18.7 Å². The number of nitrogens with one attached hydrogen (secondary N) is 2. The minimum atomic E-state index is -0.573. The topological polar surface area (TPSA) is 59.6 Å². The maximum Gasteiger partial charge on any atom is 0.411 e. The fraction of sp³-hybridized carbons (Fsp3) is 0.417. The molecule has 0 radical (unpaired) electrons. The fourth-order valence-electron chi connectivity index (χ4n) is 1.58. The molecule has 1 heterocycles. The van der Waals surface area contributed by atoms with E-state index in [2.05, 4.69) is 10.6 Å². The van der Waals surface area contributed by atoms with E-state index < -0.39 is 6.09 Å². The van der Waals surface area contributed by atoms with Crippen LogP contribution in [0.4, 0.5) is 14.9 Å². The zero-order valence-corrected chi connectivity index (χ0v) is 9.82. The fourth-order valence-corrected chi connectivity index (χ4v) is 1.58. The number of carbonyl (C=O) groups is 1. The van der Waals surface area contributed by atoms with Crippen LogP contribution in [0.25, 0.3) is 0 Å². The first-order valence-corrected chi connectivity index (χ1v) is 5.76. The van der Waals surface area contributed by atoms with Gasteiger partial charge in [0.25, 0.3) is 0 Å². The van der Waals surface area contributed by atoms with Crippen LogP contribution in [0.15, 0.2) is 24.3 Å². The Morgan fingerprint density at radius 2 is 2.28 bits per heavy atom. The first kappa shape index (κ1) is 12.8. The second-order valence-electron chi connectivity index (χ2n) is 3.93. The number of ether oxygens (including phenoxy) is 2. The summed E-state index contributed by atoms with van der Waals surface area (Å²) in [6.45, 7) is 2.30. The van der Waals surface area contributed by atoms with Crippen molar-refractivity contribution in [1.29, 1.82) is 0 Å². The molecule has 18 heavy (non-hydrogen) atoms. The molecule has 0 bridgehead atoms. The molecule has 1 aliphatic rings. The summed E-state index contributed by atoms with van der Waals surface area (Å²) in [4.78, 5) is 11.4. The Bertz CT molecular complexity index is 391. The zero-order valence-electron chi connectivity index (χ0n) is 9.82. The molecule has 1 aromatic carbocycles. The summed E-state index contributed by atoms with van der Waals surface area (Å²) in [7, 11) is 0. The molecule has 0 saturated carbocycles. The molecule has 1 aliphatic heterocycles. The van der Waals surface area contributed by atoms with E-state index in [1.165, 1.54) is 24.3 Å². The van der Waals surface area contributed by atoms with Crippen molar-refractivity contribution in [3.05, 3.63) is 30.1 Å². The van der Waals surface area contributed by atoms with Gasteiger partial charge in [-0.2, -0.15) is 0 Å². The lowest BCUT2D eigenvalue weighted by Crippen LogP contribution is -2.41. The summed E-state index contributed by atoms with van der Waals surface area (Å²) in [5.74, 6) is -0.351. The Kier molecular flexibility index (Phi) is 4.49. The second kappa shape index (κ2) is 6.32. The molecule has 5 nitrogen and oxygen atoms in total. The number of anilines is 1. The highest BCUT2D eigenvalue weighted by Gasteiger charge is 2.15. The van der Waals surface area contributed by atoms with Crippen molar-refractivity contribution in [2.75, 3.05) is 31.6 Å². The highest BCUT2D eigenvalue weighted by molar-refractivity contribution is 5.84. The van der Waals surface area contributed by atoms with Crippen LogP contribution >= 0.6 is 0 Å². The van der Waals surface area contributed by atoms with Gasteiger partial charge in [0, 0.05) is 18.8 Å². The Morgan fingerprint density at radius 1 is 1.50 bits per heavy atom. The van der Waals surface area contributed by atoms with Crippen LogP contribution in [0.3, 0.4) is 0 Å². The highest BCUT2D eigenvalue weighted by atomic mass is 19.1. The summed E-state index contributed by atoms with van der Waals surface area (Å²) >= 11 is 0. The van der Waals surface area contributed by atoms with Crippen molar-refractivity contribution in [3.8, 4) is 0 Å². The van der Waals surface area contributed by atoms with Crippen LogP contribution in [0.2, 0.25) is 0 Å². The molecule has 1 fully saturated rings. The molecule has 6 heteroatoms. The normalized spacial score (nSPS) is 19.3. The molecule has 0 spiro atoms. The van der Waals surface area contributed by atoms with Gasteiger partial charge in [0.2, 0.25) is 0 Å². The predicted octanol–water partition coefficient (Wildman–Crippen LogP) is 1.36. The van der Waals surface area contributed by atoms with Crippen molar-refractivity contribution >= 4 is 11.8 Å². The lowest BCUT2D eigenvalue weighted by Gasteiger charge is -2.23. The van der Waals surface area contributed by atoms with Crippen molar-refractivity contribution in [2.45, 2.75) is 6.10 Å². The molecular weight excluding hydrogens is 239 g/mol. The second-order valence-corrected chi connectivity index (χ2v) is 3.93. The van der Waals surface area contributed by atoms with E-state index in [0.29, 0.717) is 18.8 Å². The third kappa shape index (κ3) is 3.97. The van der Waals surface area contributed by atoms with Gasteiger partial charge in [-0.25, -0.2) is 9.18 Å². The Morgan fingerprint density at radius 3 is 2.94 bits per heavy atom. The molecule has 0 aromatic heterocycles. The van der Waals surface area contributed by atoms with Crippen LogP contribution in [0, 0.1) is 5.82 Å². The molecule has 0 aliphatic carbocycles. The summed E-state index contributed by atoms with van der Waals surface area (Å²) in [5.41, 5.74) is 0.490. The monoisotopic (exact) mass is 254 g/mol. The van der Waals surface area contributed by atoms with E-state index in [1.807, 2.05) is 0 Å². The van der Waals surface area contributed by atoms with Gasteiger partial charge in [0.1, 0.15) is 18.5 Å². The lowest BCUT2D eigenvalue weighted by molar-refractivity contribution is -0.00984. The molecule has 1 aromatic rings. The number of morpholine rings is 1. The van der Waals surface area contributed by atoms with Gasteiger partial charge >= 0.3 is 6.09 Å². The van der Waals surface area contributed by atoms with Gasteiger partial charge in [-0.1, -0.05) is 0 Å². The van der Waals surface area contributed by atoms with E-state index in [4.69, 9.17) is 9.47 Å². The SMILES string of the molecule is O=C(Nc1ccc(F)cc1)OCC1CNCCO1. The maximum atomic E-state index is 12.6. The molecule has 2 rings (SSSR count). The standard InChI is InChI=1S/C12H15FN2O3/c13-9-1-3-10(4-2-9)15-12(16)18-8-11-7-14-5-6-17-11/h1-4,11,14H,5-8H2,(H,15,16). The third-order valence-electron chi connectivity index (χ3n) is 2.50. The van der Waals surface area contributed by atoms with E-state index in [-0.39, 0.29) is 18.5 Å². The van der Waals surface area contributed by atoms with Gasteiger partial charge in [0.15, 0.2) is 0 Å². The smallest absolute Gasteiger partial charge is 0.411 e. The Balaban J connectivity index is 1.73. The number of halogens is 1. The minimum Gasteiger partial charge on any atom is -0.446 e. The maximum absolute atomic E-state index is 12.6. The lowest BCUT2D eigenvalue weighted by atomic mass is 10.3. The average Bonchev–Trinajstić information content (AvgIpc) is 2.40. The van der Waals surface area contributed by atoms with Gasteiger partial charge in [0.05, 0.1) is 6.61 Å². The first-order valence-electron chi connectivity index (χ1n) is 5.76. The summed E-state index contributed by atoms with van der Waals surface area (Å²) in [6.07, 6.45) is -0.687. The summed E-state index contributed by atoms with van der Waals surface area (Å²) < 4.78 is 23.0. The molecule has 2 N–H and O–H groups in total. The largest absolute Gasteiger partial charge is 0.446 e. The summed E-state index contributed by atoms with van der Waals surface area (Å²) in [6, 6.07) is 5.47. The van der Waals surface area contributed by atoms with E-state index in [1.54, 1.807) is 0 Å². The van der Waals surface area contributed by atoms with Gasteiger partial charge in [-0.3, -0.25) is 5.32 Å². The third-order valence-corrected chi connectivity index (χ3v) is 2.50. The first-order chi connectivity index (χ1) is 8.74. The average molecular weight is 254 g/mol. The highest BCUT2D eigenvalue weighted by Crippen LogP contribution is 2.08. The molecule has 1 saturated heterocycles. The van der Waals surface area contributed by atoms with Gasteiger partial charge in [-0.05, 0) is 24.3 Å². The van der Waals surface area contributed by atoms with E-state index in [9.17, 15) is 9.18 Å². The summed E-state index contributed by atoms with van der Waals surface area (Å²) in [5, 5.41) is 5.64. The number of amides is 1. The number of hydrogen-bond donors (Lipinski definition) is 2. The van der Waals surface area contributed by atoms with Crippen LogP contribution in [-0.4, -0.2) is 38.5 Å². The van der Waals surface area contributed by atoms with Crippen LogP contribution in [0.1, 0.15) is 0 Å². The van der Waals surface area contributed by atoms with Crippen LogP contribution in [-0.2, 0) is 9.47 Å². The zero-order chi connectivity index (χ0) is 12.8. The number of hydrogen-bond acceptors (Lipinski definition) is 4. The molecule has 98 valence electrons. The molecule has 1 unspecified atom stereocenters. The van der Waals surface area contributed by atoms with E-state index >= 15 is 0 Å². The Labute approximate surface area is 104 Å². The van der Waals surface area contributed by atoms with Gasteiger partial charge < -0.3 is 14.8 Å². The molecule has 1 amide bonds. The van der Waals surface area contributed by atoms with Gasteiger partial charge in [-0.15, -0.1) is 0 Å². The predicted molar refractivity (Wildman–Crippen MR) is 64.0 cm³/mol. The minimum absolute atomic E-state index is 0.113. The molecular formula is C12H15FN2O3. The van der Waals surface area contributed by atoms with E-state index in [0.717, 1.165) is 6.54 Å². The van der Waals surface area contributed by atoms with Crippen LogP contribution < -0.4 is 10.6 Å². The van der Waals surface area contributed by atoms with Crippen molar-refractivity contribution in [2.24, 2.45) is 0 Å². The van der Waals surface area contributed by atoms with Crippen molar-refractivity contribution in [1.82, 2.24) is 5.32 Å². The van der Waals surface area contributed by atoms with Crippen LogP contribution in [0.5, 0.6) is 0 Å². The quantitative estimate of drug-likeness (QED) is 0.855.